The minimum absolute atomic E-state index is 0.0141. The number of hydrogen-bond donors (Lipinski definition) is 2. The maximum absolute atomic E-state index is 12.8. The largest absolute Gasteiger partial charge is 0.309 e. The van der Waals surface area contributed by atoms with Crippen molar-refractivity contribution >= 4 is 54.2 Å². The van der Waals surface area contributed by atoms with Gasteiger partial charge < -0.3 is 10.2 Å². The minimum atomic E-state index is -3.78. The molecule has 1 atom stereocenters. The molecule has 3 aromatic rings. The zero-order valence-corrected chi connectivity index (χ0v) is 20.6. The van der Waals surface area contributed by atoms with Crippen molar-refractivity contribution in [2.24, 2.45) is 5.92 Å². The molecule has 1 fully saturated rings. The molecule has 10 heteroatoms. The fourth-order valence-electron chi connectivity index (χ4n) is 4.29. The number of rotatable bonds is 7. The number of carbonyl (C=O) groups excluding carboxylic acids is 2. The normalized spacial score (nSPS) is 17.7. The Labute approximate surface area is 202 Å². The van der Waals surface area contributed by atoms with Crippen molar-refractivity contribution in [3.8, 4) is 0 Å². The van der Waals surface area contributed by atoms with E-state index in [0.717, 1.165) is 39.9 Å². The quantitative estimate of drug-likeness (QED) is 0.517. The number of anilines is 2. The first-order valence-electron chi connectivity index (χ1n) is 11.3. The Balaban J connectivity index is 1.20. The van der Waals surface area contributed by atoms with Gasteiger partial charge in [-0.15, -0.1) is 0 Å². The van der Waals surface area contributed by atoms with Gasteiger partial charge in [-0.2, -0.15) is 0 Å². The lowest BCUT2D eigenvalue weighted by Gasteiger charge is -2.22. The molecule has 1 aromatic heterocycles. The van der Waals surface area contributed by atoms with E-state index in [-0.39, 0.29) is 41.6 Å². The fraction of sp³-hybridized carbons (Fsp3) is 0.375. The third-order valence-corrected chi connectivity index (χ3v) is 8.57. The van der Waals surface area contributed by atoms with Gasteiger partial charge in [0.05, 0.1) is 15.1 Å². The highest BCUT2D eigenvalue weighted by atomic mass is 32.2. The van der Waals surface area contributed by atoms with Gasteiger partial charge in [0.15, 0.2) is 5.13 Å². The molecule has 0 saturated heterocycles. The molecule has 1 aliphatic heterocycles. The minimum Gasteiger partial charge on any atom is -0.309 e. The van der Waals surface area contributed by atoms with E-state index in [9.17, 15) is 18.0 Å². The molecule has 1 aliphatic carbocycles. The predicted molar refractivity (Wildman–Crippen MR) is 133 cm³/mol. The Bertz CT molecular complexity index is 1400. The summed E-state index contributed by atoms with van der Waals surface area (Å²) in [6.45, 7) is 3.95. The number of carbonyl (C=O) groups is 2. The van der Waals surface area contributed by atoms with E-state index in [1.165, 1.54) is 17.4 Å². The van der Waals surface area contributed by atoms with Crippen molar-refractivity contribution < 1.29 is 18.0 Å². The summed E-state index contributed by atoms with van der Waals surface area (Å²) in [4.78, 5) is 31.3. The van der Waals surface area contributed by atoms with Gasteiger partial charge in [0.25, 0.3) is 0 Å². The summed E-state index contributed by atoms with van der Waals surface area (Å²) in [5, 5.41) is 3.23. The van der Waals surface area contributed by atoms with Crippen LogP contribution >= 0.6 is 11.3 Å². The second-order valence-electron chi connectivity index (χ2n) is 9.01. The number of nitrogens with zero attached hydrogens (tertiary/aromatic N) is 2. The maximum atomic E-state index is 12.8. The molecule has 8 nitrogen and oxygen atoms in total. The van der Waals surface area contributed by atoms with Crippen LogP contribution in [0.3, 0.4) is 0 Å². The predicted octanol–water partition coefficient (Wildman–Crippen LogP) is 3.60. The Morgan fingerprint density at radius 2 is 1.97 bits per heavy atom. The number of sulfonamides is 1. The molecule has 0 radical (unpaired) electrons. The third-order valence-electron chi connectivity index (χ3n) is 6.18. The van der Waals surface area contributed by atoms with Crippen molar-refractivity contribution in [1.82, 2.24) is 9.71 Å². The smallest absolute Gasteiger partial charge is 0.240 e. The summed E-state index contributed by atoms with van der Waals surface area (Å²) >= 11 is 1.39. The van der Waals surface area contributed by atoms with E-state index < -0.39 is 10.0 Å². The lowest BCUT2D eigenvalue weighted by molar-refractivity contribution is -0.120. The molecule has 0 spiro atoms. The number of hydrogen-bond acceptors (Lipinski definition) is 6. The van der Waals surface area contributed by atoms with Crippen molar-refractivity contribution in [3.05, 3.63) is 47.5 Å². The van der Waals surface area contributed by atoms with Gasteiger partial charge in [0.1, 0.15) is 0 Å². The number of nitrogens with one attached hydrogen (secondary N) is 2. The zero-order chi connectivity index (χ0) is 24.0. The first-order valence-corrected chi connectivity index (χ1v) is 13.6. The lowest BCUT2D eigenvalue weighted by atomic mass is 10.1. The number of aromatic nitrogens is 1. The van der Waals surface area contributed by atoms with E-state index in [4.69, 9.17) is 0 Å². The molecule has 178 valence electrons. The van der Waals surface area contributed by atoms with Crippen molar-refractivity contribution in [3.63, 3.8) is 0 Å². The summed E-state index contributed by atoms with van der Waals surface area (Å²) in [6, 6.07) is 10.8. The molecule has 2 heterocycles. The van der Waals surface area contributed by atoms with Crippen molar-refractivity contribution in [2.45, 2.75) is 50.5 Å². The average molecular weight is 499 g/mol. The molecule has 2 aromatic carbocycles. The highest BCUT2D eigenvalue weighted by Gasteiger charge is 2.39. The second-order valence-corrected chi connectivity index (χ2v) is 11.8. The van der Waals surface area contributed by atoms with Gasteiger partial charge in [0.2, 0.25) is 21.8 Å². The summed E-state index contributed by atoms with van der Waals surface area (Å²) < 4.78 is 29.1. The number of benzene rings is 2. The summed E-state index contributed by atoms with van der Waals surface area (Å²) in [6.07, 6.45) is 2.47. The van der Waals surface area contributed by atoms with E-state index in [1.54, 1.807) is 12.1 Å². The van der Waals surface area contributed by atoms with E-state index >= 15 is 0 Å². The SMILES string of the molecule is Cc1ccc2nc(NC(=O)CCNS(=O)(=O)c3ccc4c(c3)C[C@@H](C)N4C(=O)C3CC3)sc2c1. The number of fused-ring (bicyclic) bond motifs is 2. The van der Waals surface area contributed by atoms with Crippen LogP contribution < -0.4 is 14.9 Å². The molecule has 2 aliphatic rings. The molecule has 0 bridgehead atoms. The topological polar surface area (TPSA) is 108 Å². The number of amides is 2. The average Bonchev–Trinajstić information content (AvgIpc) is 3.47. The van der Waals surface area contributed by atoms with Gasteiger partial charge >= 0.3 is 0 Å². The van der Waals surface area contributed by atoms with Gasteiger partial charge in [-0.05, 0) is 74.6 Å². The Kier molecular flexibility index (Phi) is 5.91. The van der Waals surface area contributed by atoms with Crippen LogP contribution in [-0.2, 0) is 26.0 Å². The van der Waals surface area contributed by atoms with E-state index in [2.05, 4.69) is 15.0 Å². The Morgan fingerprint density at radius 3 is 2.74 bits per heavy atom. The molecule has 0 unspecified atom stereocenters. The van der Waals surface area contributed by atoms with Crippen molar-refractivity contribution in [2.75, 3.05) is 16.8 Å². The first-order chi connectivity index (χ1) is 16.2. The van der Waals surface area contributed by atoms with Crippen LogP contribution in [0, 0.1) is 12.8 Å². The molecule has 5 rings (SSSR count). The van der Waals surface area contributed by atoms with Crippen LogP contribution in [0.25, 0.3) is 10.2 Å². The van der Waals surface area contributed by atoms with Crippen LogP contribution in [-0.4, -0.2) is 37.8 Å². The molecular weight excluding hydrogens is 472 g/mol. The van der Waals surface area contributed by atoms with Crippen LogP contribution in [0.2, 0.25) is 0 Å². The highest BCUT2D eigenvalue weighted by Crippen LogP contribution is 2.39. The van der Waals surface area contributed by atoms with Gasteiger partial charge in [-0.3, -0.25) is 9.59 Å². The summed E-state index contributed by atoms with van der Waals surface area (Å²) in [5.74, 6) is -0.0683. The van der Waals surface area contributed by atoms with Gasteiger partial charge in [-0.1, -0.05) is 17.4 Å². The third kappa shape index (κ3) is 4.57. The van der Waals surface area contributed by atoms with Gasteiger partial charge in [-0.25, -0.2) is 18.1 Å². The monoisotopic (exact) mass is 498 g/mol. The number of thiazole rings is 1. The fourth-order valence-corrected chi connectivity index (χ4v) is 6.35. The first kappa shape index (κ1) is 22.9. The van der Waals surface area contributed by atoms with Crippen LogP contribution in [0.15, 0.2) is 41.3 Å². The van der Waals surface area contributed by atoms with E-state index in [0.29, 0.717) is 11.6 Å². The van der Waals surface area contributed by atoms with Crippen molar-refractivity contribution in [1.29, 1.82) is 0 Å². The standard InChI is InChI=1S/C24H26N4O4S2/c1-14-3-7-19-21(11-14)33-24(26-19)27-22(29)9-10-25-34(31,32)18-6-8-20-17(13-18)12-15(2)28(20)23(30)16-4-5-16/h3,6-8,11,13,15-16,25H,4-5,9-10,12H2,1-2H3,(H,26,27,29)/t15-/m1/s1. The van der Waals surface area contributed by atoms with Crippen LogP contribution in [0.1, 0.15) is 37.3 Å². The van der Waals surface area contributed by atoms with Crippen LogP contribution in [0.4, 0.5) is 10.8 Å². The second kappa shape index (κ2) is 8.75. The molecule has 34 heavy (non-hydrogen) atoms. The molecule has 2 amide bonds. The maximum Gasteiger partial charge on any atom is 0.240 e. The number of aryl methyl sites for hydroxylation is 1. The Morgan fingerprint density at radius 1 is 1.18 bits per heavy atom. The lowest BCUT2D eigenvalue weighted by Crippen LogP contribution is -2.36. The van der Waals surface area contributed by atoms with Gasteiger partial charge in [0, 0.05) is 30.6 Å². The highest BCUT2D eigenvalue weighted by molar-refractivity contribution is 7.89. The summed E-state index contributed by atoms with van der Waals surface area (Å²) in [5.41, 5.74) is 3.59. The van der Waals surface area contributed by atoms with Crippen LogP contribution in [0.5, 0.6) is 0 Å². The summed E-state index contributed by atoms with van der Waals surface area (Å²) in [7, 11) is -3.78. The zero-order valence-electron chi connectivity index (χ0n) is 19.0. The molecule has 1 saturated carbocycles. The van der Waals surface area contributed by atoms with E-state index in [1.807, 2.05) is 36.9 Å². The Hall–Kier alpha value is -2.82. The molecular formula is C24H26N4O4S2. The molecule has 2 N–H and O–H groups in total.